The molecular formula is C29H39ClFN3O. The molecule has 0 radical (unpaired) electrons. The van der Waals surface area contributed by atoms with Crippen LogP contribution in [0.5, 0.6) is 5.75 Å². The normalized spacial score (nSPS) is 26.5. The van der Waals surface area contributed by atoms with Gasteiger partial charge >= 0.3 is 0 Å². The third-order valence-corrected chi connectivity index (χ3v) is 8.53. The summed E-state index contributed by atoms with van der Waals surface area (Å²) in [7, 11) is 1.70. The Morgan fingerprint density at radius 2 is 2.11 bits per heavy atom. The Kier molecular flexibility index (Phi) is 8.09. The van der Waals surface area contributed by atoms with E-state index in [-0.39, 0.29) is 28.7 Å². The van der Waals surface area contributed by atoms with Gasteiger partial charge in [0.1, 0.15) is 11.6 Å². The number of hydrogen-bond acceptors (Lipinski definition) is 4. The van der Waals surface area contributed by atoms with E-state index >= 15 is 0 Å². The highest BCUT2D eigenvalue weighted by Crippen LogP contribution is 2.39. The molecule has 1 fully saturated rings. The van der Waals surface area contributed by atoms with Gasteiger partial charge in [-0.25, -0.2) is 4.39 Å². The van der Waals surface area contributed by atoms with Gasteiger partial charge in [0.05, 0.1) is 24.6 Å². The number of halogens is 2. The smallest absolute Gasteiger partial charge is 0.123 e. The van der Waals surface area contributed by atoms with Crippen molar-refractivity contribution in [3.05, 3.63) is 77.2 Å². The molecule has 2 heterocycles. The molecule has 0 bridgehead atoms. The highest BCUT2D eigenvalue weighted by Gasteiger charge is 2.39. The second-order valence-electron chi connectivity index (χ2n) is 10.6. The predicted octanol–water partition coefficient (Wildman–Crippen LogP) is 5.25. The monoisotopic (exact) mass is 499 g/mol. The van der Waals surface area contributed by atoms with Crippen LogP contribution in [-0.4, -0.2) is 49.1 Å². The number of nitrogens with one attached hydrogen (secondary N) is 2. The number of likely N-dealkylation sites (tertiary alicyclic amines) is 1. The number of hydrogen-bond donors (Lipinski definition) is 2. The van der Waals surface area contributed by atoms with E-state index in [2.05, 4.69) is 54.2 Å². The fraction of sp³-hybridized carbons (Fsp3) is 0.517. The largest absolute Gasteiger partial charge is 0.497 e. The second-order valence-corrected chi connectivity index (χ2v) is 11.3. The topological polar surface area (TPSA) is 36.5 Å². The average molecular weight is 500 g/mol. The molecule has 0 aromatic heterocycles. The van der Waals surface area contributed by atoms with Gasteiger partial charge < -0.3 is 20.3 Å². The van der Waals surface area contributed by atoms with Gasteiger partial charge in [-0.05, 0) is 78.6 Å². The van der Waals surface area contributed by atoms with Crippen molar-refractivity contribution >= 4 is 11.6 Å². The number of fused-ring (bicyclic) bond motifs is 1. The predicted molar refractivity (Wildman–Crippen MR) is 143 cm³/mol. The van der Waals surface area contributed by atoms with Crippen molar-refractivity contribution in [2.45, 2.75) is 63.0 Å². The maximum Gasteiger partial charge on any atom is 0.123 e. The van der Waals surface area contributed by atoms with E-state index in [1.165, 1.54) is 17.2 Å². The van der Waals surface area contributed by atoms with E-state index in [0.29, 0.717) is 5.92 Å². The fourth-order valence-electron chi connectivity index (χ4n) is 5.54. The zero-order chi connectivity index (χ0) is 25.2. The molecule has 0 amide bonds. The highest BCUT2D eigenvalue weighted by molar-refractivity contribution is 6.20. The minimum Gasteiger partial charge on any atom is -0.497 e. The Balaban J connectivity index is 1.36. The summed E-state index contributed by atoms with van der Waals surface area (Å²) in [5.41, 5.74) is 4.66. The van der Waals surface area contributed by atoms with Crippen LogP contribution in [0.3, 0.4) is 0 Å². The summed E-state index contributed by atoms with van der Waals surface area (Å²) in [6.45, 7) is 14.5. The van der Waals surface area contributed by atoms with Gasteiger partial charge in [-0.1, -0.05) is 38.6 Å². The summed E-state index contributed by atoms with van der Waals surface area (Å²) in [6.07, 6.45) is 1.88. The van der Waals surface area contributed by atoms with E-state index in [1.807, 2.05) is 19.1 Å². The number of alkyl halides is 1. The van der Waals surface area contributed by atoms with E-state index in [1.54, 1.807) is 13.2 Å². The van der Waals surface area contributed by atoms with Crippen LogP contribution in [0, 0.1) is 11.7 Å². The summed E-state index contributed by atoms with van der Waals surface area (Å²) in [6, 6.07) is 13.6. The Hall–Kier alpha value is -2.08. The van der Waals surface area contributed by atoms with Crippen molar-refractivity contribution in [1.29, 1.82) is 0 Å². The summed E-state index contributed by atoms with van der Waals surface area (Å²) >= 11 is 6.66. The van der Waals surface area contributed by atoms with Crippen molar-refractivity contribution in [2.24, 2.45) is 5.92 Å². The van der Waals surface area contributed by atoms with Crippen LogP contribution in [0.25, 0.3) is 0 Å². The van der Waals surface area contributed by atoms with Gasteiger partial charge in [0, 0.05) is 25.3 Å². The van der Waals surface area contributed by atoms with Crippen LogP contribution in [0.4, 0.5) is 4.39 Å². The lowest BCUT2D eigenvalue weighted by atomic mass is 9.68. The number of benzene rings is 2. The van der Waals surface area contributed by atoms with Crippen LogP contribution in [0.1, 0.15) is 43.9 Å². The molecule has 1 unspecified atom stereocenters. The minimum atomic E-state index is -0.157. The average Bonchev–Trinajstić information content (AvgIpc) is 2.85. The van der Waals surface area contributed by atoms with Crippen LogP contribution in [0.2, 0.25) is 0 Å². The Bertz CT molecular complexity index is 1040. The number of nitrogens with zero attached hydrogens (tertiary/aromatic N) is 1. The molecule has 2 N–H and O–H groups in total. The molecule has 35 heavy (non-hydrogen) atoms. The van der Waals surface area contributed by atoms with Crippen LogP contribution >= 0.6 is 11.6 Å². The van der Waals surface area contributed by atoms with Gasteiger partial charge in [-0.2, -0.15) is 0 Å². The zero-order valence-corrected chi connectivity index (χ0v) is 22.2. The first-order chi connectivity index (χ1) is 16.7. The highest BCUT2D eigenvalue weighted by atomic mass is 35.5. The molecule has 0 spiro atoms. The lowest BCUT2D eigenvalue weighted by Gasteiger charge is -2.46. The summed E-state index contributed by atoms with van der Waals surface area (Å²) in [4.78, 5) is 2.49. The minimum absolute atomic E-state index is 0.0280. The molecule has 4 nitrogen and oxygen atoms in total. The van der Waals surface area contributed by atoms with E-state index in [9.17, 15) is 4.39 Å². The third kappa shape index (κ3) is 5.84. The van der Waals surface area contributed by atoms with Crippen molar-refractivity contribution in [3.8, 4) is 5.75 Å². The first-order valence-electron chi connectivity index (χ1n) is 12.7. The van der Waals surface area contributed by atoms with Crippen molar-refractivity contribution in [1.82, 2.24) is 15.5 Å². The number of ether oxygens (including phenoxy) is 1. The van der Waals surface area contributed by atoms with Crippen LogP contribution < -0.4 is 15.4 Å². The maximum atomic E-state index is 13.9. The van der Waals surface area contributed by atoms with Gasteiger partial charge in [0.25, 0.3) is 0 Å². The second kappa shape index (κ2) is 10.9. The summed E-state index contributed by atoms with van der Waals surface area (Å²) < 4.78 is 19.3. The first kappa shape index (κ1) is 26.0. The lowest BCUT2D eigenvalue weighted by Crippen LogP contribution is -2.54. The van der Waals surface area contributed by atoms with Crippen LogP contribution in [0.15, 0.2) is 54.7 Å². The Labute approximate surface area is 214 Å². The van der Waals surface area contributed by atoms with E-state index < -0.39 is 0 Å². The van der Waals surface area contributed by atoms with Gasteiger partial charge in [0.2, 0.25) is 0 Å². The molecule has 4 rings (SSSR count). The van der Waals surface area contributed by atoms with Crippen molar-refractivity contribution < 1.29 is 9.13 Å². The standard InChI is InChI=1S/C29H39ClFN3O/c1-19-17-34(12-11-29(19,4)24-7-6-8-25(31)15-24)18-28(20(2)30)33-21(3)27-14-22-9-10-26(35-5)13-23(22)16-32-27/h6-10,13,15,19-20,27-28,32-33H,3,11-12,14,16-18H2,1-2,4-5H3/t19-,20?,27+,28+,29+/m0/s1. The number of piperidine rings is 1. The zero-order valence-electron chi connectivity index (χ0n) is 21.4. The fourth-order valence-corrected chi connectivity index (χ4v) is 5.69. The molecule has 2 aromatic carbocycles. The maximum absolute atomic E-state index is 13.9. The van der Waals surface area contributed by atoms with E-state index in [4.69, 9.17) is 16.3 Å². The van der Waals surface area contributed by atoms with Crippen molar-refractivity contribution in [3.63, 3.8) is 0 Å². The van der Waals surface area contributed by atoms with Crippen LogP contribution in [-0.2, 0) is 18.4 Å². The quantitative estimate of drug-likeness (QED) is 0.486. The van der Waals surface area contributed by atoms with Crippen molar-refractivity contribution in [2.75, 3.05) is 26.7 Å². The lowest BCUT2D eigenvalue weighted by molar-refractivity contribution is 0.102. The summed E-state index contributed by atoms with van der Waals surface area (Å²) in [5.74, 6) is 1.14. The SMILES string of the molecule is C=C(N[C@H](CN1CC[C@@](C)(c2cccc(F)c2)[C@@H](C)C1)C(C)Cl)[C@H]1Cc2ccc(OC)cc2CN1. The first-order valence-corrected chi connectivity index (χ1v) is 13.1. The molecule has 2 aromatic rings. The molecule has 2 aliphatic rings. The number of methoxy groups -OCH3 is 1. The van der Waals surface area contributed by atoms with E-state index in [0.717, 1.165) is 56.0 Å². The Morgan fingerprint density at radius 3 is 2.80 bits per heavy atom. The molecule has 6 heteroatoms. The third-order valence-electron chi connectivity index (χ3n) is 8.23. The Morgan fingerprint density at radius 1 is 1.31 bits per heavy atom. The van der Waals surface area contributed by atoms with Gasteiger partial charge in [0.15, 0.2) is 0 Å². The van der Waals surface area contributed by atoms with Gasteiger partial charge in [-0.3, -0.25) is 0 Å². The molecule has 2 aliphatic heterocycles. The molecule has 5 atom stereocenters. The van der Waals surface area contributed by atoms with Gasteiger partial charge in [-0.15, -0.1) is 11.6 Å². The summed E-state index contributed by atoms with van der Waals surface area (Å²) in [5, 5.41) is 7.22. The molecule has 0 aliphatic carbocycles. The molecule has 0 saturated carbocycles. The number of rotatable bonds is 8. The molecular weight excluding hydrogens is 461 g/mol. The molecule has 1 saturated heterocycles. The molecule has 190 valence electrons.